The molecule has 0 aliphatic rings. The molecule has 1 heterocycles. The maximum Gasteiger partial charge on any atom is 0.221 e. The molecular formula is C13H15ClFN3O2S. The summed E-state index contributed by atoms with van der Waals surface area (Å²) in [5.74, 6) is -0.630. The van der Waals surface area contributed by atoms with E-state index in [1.54, 1.807) is 11.7 Å². The number of halogens is 2. The summed E-state index contributed by atoms with van der Waals surface area (Å²) >= 11 is 10.9. The number of aromatic nitrogens is 2. The number of benzene rings is 1. The number of aryl methyl sites for hydroxylation is 1. The third-order valence-electron chi connectivity index (χ3n) is 3.01. The lowest BCUT2D eigenvalue weighted by atomic mass is 10.3. The van der Waals surface area contributed by atoms with E-state index in [1.165, 1.54) is 12.1 Å². The van der Waals surface area contributed by atoms with E-state index < -0.39 is 5.82 Å². The molecule has 0 saturated carbocycles. The lowest BCUT2D eigenvalue weighted by molar-refractivity contribution is -0.121. The number of ether oxygens (including phenoxy) is 1. The number of H-pyrrole nitrogens is 1. The molecule has 0 bridgehead atoms. The van der Waals surface area contributed by atoms with Crippen molar-refractivity contribution < 1.29 is 13.9 Å². The number of hydrogen-bond acceptors (Lipinski definition) is 3. The maximum absolute atomic E-state index is 13.6. The molecule has 1 aromatic carbocycles. The van der Waals surface area contributed by atoms with E-state index in [2.05, 4.69) is 10.3 Å². The largest absolute Gasteiger partial charge is 0.383 e. The van der Waals surface area contributed by atoms with Gasteiger partial charge in [-0.3, -0.25) is 4.79 Å². The van der Waals surface area contributed by atoms with Crippen LogP contribution in [0.1, 0.15) is 6.42 Å². The van der Waals surface area contributed by atoms with Gasteiger partial charge < -0.3 is 19.6 Å². The van der Waals surface area contributed by atoms with Gasteiger partial charge in [-0.05, 0) is 18.3 Å². The van der Waals surface area contributed by atoms with Crippen LogP contribution in [0.3, 0.4) is 0 Å². The number of nitrogens with one attached hydrogen (secondary N) is 2. The van der Waals surface area contributed by atoms with Crippen LogP contribution in [-0.4, -0.2) is 35.7 Å². The van der Waals surface area contributed by atoms with Crippen molar-refractivity contribution in [2.75, 3.05) is 20.3 Å². The molecule has 0 unspecified atom stereocenters. The third kappa shape index (κ3) is 3.81. The number of carbonyl (C=O) groups is 1. The number of methoxy groups -OCH3 is 1. The monoisotopic (exact) mass is 331 g/mol. The molecule has 0 aliphatic heterocycles. The van der Waals surface area contributed by atoms with Crippen LogP contribution in [0, 0.1) is 10.6 Å². The normalized spacial score (nSPS) is 11.0. The van der Waals surface area contributed by atoms with Gasteiger partial charge in [-0.15, -0.1) is 0 Å². The molecule has 1 aromatic heterocycles. The summed E-state index contributed by atoms with van der Waals surface area (Å²) in [6, 6.07) is 2.80. The Kier molecular flexibility index (Phi) is 5.33. The Labute approximate surface area is 131 Å². The highest BCUT2D eigenvalue weighted by Gasteiger charge is 2.10. The van der Waals surface area contributed by atoms with Gasteiger partial charge in [-0.2, -0.15) is 0 Å². The summed E-state index contributed by atoms with van der Waals surface area (Å²) in [6.45, 7) is 1.28. The van der Waals surface area contributed by atoms with Gasteiger partial charge in [0.25, 0.3) is 0 Å². The van der Waals surface area contributed by atoms with E-state index >= 15 is 0 Å². The maximum atomic E-state index is 13.6. The van der Waals surface area contributed by atoms with Crippen LogP contribution >= 0.6 is 23.8 Å². The number of carbonyl (C=O) groups excluding carboxylic acids is 1. The zero-order valence-corrected chi connectivity index (χ0v) is 13.0. The molecule has 0 saturated heterocycles. The number of fused-ring (bicyclic) bond motifs is 1. The fraction of sp³-hybridized carbons (Fsp3) is 0.385. The Morgan fingerprint density at radius 3 is 3.05 bits per heavy atom. The second-order valence-corrected chi connectivity index (χ2v) is 5.25. The van der Waals surface area contributed by atoms with Crippen molar-refractivity contribution in [2.45, 2.75) is 13.0 Å². The molecule has 2 rings (SSSR count). The molecule has 0 atom stereocenters. The van der Waals surface area contributed by atoms with Crippen molar-refractivity contribution in [3.05, 3.63) is 27.7 Å². The van der Waals surface area contributed by atoms with Gasteiger partial charge in [0, 0.05) is 32.7 Å². The minimum absolute atomic E-state index is 0.0307. The Balaban J connectivity index is 2.12. The van der Waals surface area contributed by atoms with E-state index in [-0.39, 0.29) is 17.4 Å². The van der Waals surface area contributed by atoms with Crippen LogP contribution in [0.5, 0.6) is 0 Å². The summed E-state index contributed by atoms with van der Waals surface area (Å²) in [5.41, 5.74) is 1.23. The van der Waals surface area contributed by atoms with Crippen molar-refractivity contribution in [3.63, 3.8) is 0 Å². The number of hydrogen-bond donors (Lipinski definition) is 2. The van der Waals surface area contributed by atoms with E-state index in [4.69, 9.17) is 28.6 Å². The van der Waals surface area contributed by atoms with Crippen molar-refractivity contribution >= 4 is 40.8 Å². The van der Waals surface area contributed by atoms with Crippen molar-refractivity contribution in [2.24, 2.45) is 0 Å². The van der Waals surface area contributed by atoms with E-state index in [0.717, 1.165) is 0 Å². The second-order valence-electron chi connectivity index (χ2n) is 4.46. The molecule has 0 spiro atoms. The molecule has 8 heteroatoms. The standard InChI is InChI=1S/C13H15ClFN3O2S/c1-20-5-3-16-12(19)2-4-18-11-7-9(15)8(14)6-10(11)17-13(18)21/h6-7H,2-5H2,1H3,(H,16,19)(H,17,21). The number of amides is 1. The first kappa shape index (κ1) is 15.9. The minimum Gasteiger partial charge on any atom is -0.383 e. The first-order valence-electron chi connectivity index (χ1n) is 6.36. The second kappa shape index (κ2) is 7.02. The lowest BCUT2D eigenvalue weighted by Crippen LogP contribution is -2.27. The molecule has 0 aliphatic carbocycles. The summed E-state index contributed by atoms with van der Waals surface area (Å²) in [6.07, 6.45) is 0.245. The topological polar surface area (TPSA) is 59.0 Å². The molecule has 1 amide bonds. The fourth-order valence-corrected chi connectivity index (χ4v) is 2.43. The molecule has 2 aromatic rings. The van der Waals surface area contributed by atoms with Gasteiger partial charge in [-0.25, -0.2) is 4.39 Å². The van der Waals surface area contributed by atoms with Crippen LogP contribution in [-0.2, 0) is 16.1 Å². The first-order chi connectivity index (χ1) is 10.0. The van der Waals surface area contributed by atoms with Crippen molar-refractivity contribution in [3.8, 4) is 0 Å². The van der Waals surface area contributed by atoms with Crippen LogP contribution in [0.2, 0.25) is 5.02 Å². The highest BCUT2D eigenvalue weighted by molar-refractivity contribution is 7.71. The van der Waals surface area contributed by atoms with Gasteiger partial charge in [0.15, 0.2) is 4.77 Å². The van der Waals surface area contributed by atoms with E-state index in [0.29, 0.717) is 35.5 Å². The van der Waals surface area contributed by atoms with Crippen LogP contribution in [0.25, 0.3) is 11.0 Å². The van der Waals surface area contributed by atoms with Gasteiger partial charge in [0.1, 0.15) is 5.82 Å². The summed E-state index contributed by atoms with van der Waals surface area (Å²) in [5, 5.41) is 2.75. The Morgan fingerprint density at radius 1 is 1.57 bits per heavy atom. The number of rotatable bonds is 6. The molecule has 114 valence electrons. The Morgan fingerprint density at radius 2 is 2.33 bits per heavy atom. The predicted octanol–water partition coefficient (Wildman–Crippen LogP) is 2.64. The van der Waals surface area contributed by atoms with Gasteiger partial charge in [-0.1, -0.05) is 11.6 Å². The molecular weight excluding hydrogens is 317 g/mol. The molecule has 2 N–H and O–H groups in total. The zero-order chi connectivity index (χ0) is 15.4. The summed E-state index contributed by atoms with van der Waals surface area (Å²) in [4.78, 5) is 14.6. The molecule has 21 heavy (non-hydrogen) atoms. The SMILES string of the molecule is COCCNC(=O)CCn1c(=S)[nH]c2cc(Cl)c(F)cc21. The lowest BCUT2D eigenvalue weighted by Gasteiger charge is -2.06. The van der Waals surface area contributed by atoms with Crippen molar-refractivity contribution in [1.29, 1.82) is 0 Å². The van der Waals surface area contributed by atoms with Gasteiger partial charge >= 0.3 is 0 Å². The highest BCUT2D eigenvalue weighted by atomic mass is 35.5. The number of nitrogens with zero attached hydrogens (tertiary/aromatic N) is 1. The molecule has 0 fully saturated rings. The highest BCUT2D eigenvalue weighted by Crippen LogP contribution is 2.22. The van der Waals surface area contributed by atoms with Crippen molar-refractivity contribution in [1.82, 2.24) is 14.9 Å². The number of imidazole rings is 1. The molecule has 5 nitrogen and oxygen atoms in total. The summed E-state index contributed by atoms with van der Waals surface area (Å²) < 4.78 is 20.5. The Bertz CT molecular complexity index is 713. The average Bonchev–Trinajstić information content (AvgIpc) is 2.72. The molecule has 0 radical (unpaired) electrons. The third-order valence-corrected chi connectivity index (χ3v) is 3.62. The minimum atomic E-state index is -0.517. The Hall–Kier alpha value is -1.44. The van der Waals surface area contributed by atoms with Gasteiger partial charge in [0.2, 0.25) is 5.91 Å². The first-order valence-corrected chi connectivity index (χ1v) is 7.14. The average molecular weight is 332 g/mol. The zero-order valence-electron chi connectivity index (χ0n) is 11.4. The summed E-state index contributed by atoms with van der Waals surface area (Å²) in [7, 11) is 1.57. The van der Waals surface area contributed by atoms with E-state index in [9.17, 15) is 9.18 Å². The fourth-order valence-electron chi connectivity index (χ4n) is 1.97. The van der Waals surface area contributed by atoms with Crippen LogP contribution in [0.15, 0.2) is 12.1 Å². The quantitative estimate of drug-likeness (QED) is 0.632. The van der Waals surface area contributed by atoms with Crippen LogP contribution in [0.4, 0.5) is 4.39 Å². The number of aromatic amines is 1. The predicted molar refractivity (Wildman–Crippen MR) is 81.6 cm³/mol. The van der Waals surface area contributed by atoms with E-state index in [1.807, 2.05) is 0 Å². The van der Waals surface area contributed by atoms with Gasteiger partial charge in [0.05, 0.1) is 22.7 Å². The van der Waals surface area contributed by atoms with Crippen LogP contribution < -0.4 is 5.32 Å². The smallest absolute Gasteiger partial charge is 0.221 e.